The molecule has 0 atom stereocenters. The molecule has 0 spiro atoms. The van der Waals surface area contributed by atoms with Crippen LogP contribution >= 0.6 is 27.5 Å². The minimum absolute atomic E-state index is 0.269. The second-order valence-electron chi connectivity index (χ2n) is 5.54. The summed E-state index contributed by atoms with van der Waals surface area (Å²) in [6, 6.07) is 7.47. The molecular formula is C16H18BrClN2O. The summed E-state index contributed by atoms with van der Waals surface area (Å²) < 4.78 is 0.824. The lowest BCUT2D eigenvalue weighted by Crippen LogP contribution is -2.47. The smallest absolute Gasteiger partial charge is 0.254 e. The van der Waals surface area contributed by atoms with Crippen molar-refractivity contribution in [1.29, 1.82) is 5.26 Å². The first-order valence-electron chi connectivity index (χ1n) is 7.25. The van der Waals surface area contributed by atoms with Gasteiger partial charge in [0.15, 0.2) is 0 Å². The lowest BCUT2D eigenvalue weighted by atomic mass is 9.85. The van der Waals surface area contributed by atoms with Gasteiger partial charge in [-0.05, 0) is 31.0 Å². The summed E-state index contributed by atoms with van der Waals surface area (Å²) in [5, 5.41) is 12.9. The van der Waals surface area contributed by atoms with E-state index in [4.69, 9.17) is 11.6 Å². The lowest BCUT2D eigenvalue weighted by molar-refractivity contribution is 0.0908. The summed E-state index contributed by atoms with van der Waals surface area (Å²) >= 11 is 9.43. The number of rotatable bonds is 2. The minimum Gasteiger partial charge on any atom is -0.334 e. The highest BCUT2D eigenvalue weighted by Crippen LogP contribution is 2.27. The van der Waals surface area contributed by atoms with Crippen molar-refractivity contribution in [2.75, 3.05) is 0 Å². The van der Waals surface area contributed by atoms with Crippen LogP contribution < -0.4 is 5.32 Å². The molecule has 1 aliphatic rings. The first kappa shape index (κ1) is 16.3. The number of nitrogens with one attached hydrogen (secondary N) is 1. The van der Waals surface area contributed by atoms with Crippen molar-refractivity contribution in [3.8, 4) is 6.07 Å². The molecule has 112 valence electrons. The van der Waals surface area contributed by atoms with Crippen LogP contribution in [-0.4, -0.2) is 11.4 Å². The van der Waals surface area contributed by atoms with Gasteiger partial charge in [0, 0.05) is 4.47 Å². The van der Waals surface area contributed by atoms with E-state index in [0.717, 1.165) is 30.2 Å². The van der Waals surface area contributed by atoms with Crippen LogP contribution in [0, 0.1) is 11.3 Å². The second kappa shape index (κ2) is 7.29. The Balaban J connectivity index is 2.16. The summed E-state index contributed by atoms with van der Waals surface area (Å²) in [4.78, 5) is 12.4. The van der Waals surface area contributed by atoms with Gasteiger partial charge in [0.05, 0.1) is 16.7 Å². The van der Waals surface area contributed by atoms with Crippen LogP contribution in [-0.2, 0) is 0 Å². The van der Waals surface area contributed by atoms with Crippen molar-refractivity contribution in [2.24, 2.45) is 0 Å². The average molecular weight is 370 g/mol. The molecule has 1 aliphatic carbocycles. The van der Waals surface area contributed by atoms with Crippen LogP contribution in [0.15, 0.2) is 22.7 Å². The van der Waals surface area contributed by atoms with Crippen LogP contribution in [0.5, 0.6) is 0 Å². The number of carbonyl (C=O) groups is 1. The van der Waals surface area contributed by atoms with Gasteiger partial charge >= 0.3 is 0 Å². The maximum absolute atomic E-state index is 12.4. The van der Waals surface area contributed by atoms with Crippen LogP contribution in [0.3, 0.4) is 0 Å². The fraction of sp³-hybridized carbons (Fsp3) is 0.500. The molecule has 0 unspecified atom stereocenters. The van der Waals surface area contributed by atoms with Crippen molar-refractivity contribution in [3.63, 3.8) is 0 Å². The van der Waals surface area contributed by atoms with Gasteiger partial charge in [-0.25, -0.2) is 0 Å². The highest BCUT2D eigenvalue weighted by molar-refractivity contribution is 9.10. The molecule has 1 fully saturated rings. The Labute approximate surface area is 138 Å². The number of amides is 1. The van der Waals surface area contributed by atoms with E-state index >= 15 is 0 Å². The van der Waals surface area contributed by atoms with E-state index in [9.17, 15) is 10.1 Å². The molecule has 3 nitrogen and oxygen atoms in total. The summed E-state index contributed by atoms with van der Waals surface area (Å²) in [6.07, 6.45) is 6.83. The number of benzene rings is 1. The third-order valence-electron chi connectivity index (χ3n) is 3.95. The Hall–Kier alpha value is -1.05. The zero-order valence-corrected chi connectivity index (χ0v) is 14.1. The number of nitriles is 1. The number of carbonyl (C=O) groups excluding carboxylic acids is 1. The van der Waals surface area contributed by atoms with E-state index in [1.165, 1.54) is 6.42 Å². The van der Waals surface area contributed by atoms with E-state index in [-0.39, 0.29) is 5.91 Å². The van der Waals surface area contributed by atoms with E-state index < -0.39 is 5.54 Å². The SMILES string of the molecule is N#CC1(NC(=O)c2ccc(Br)cc2Cl)CCCCCCC1. The van der Waals surface area contributed by atoms with Gasteiger partial charge in [-0.2, -0.15) is 5.26 Å². The van der Waals surface area contributed by atoms with Gasteiger partial charge in [0.1, 0.15) is 5.54 Å². The average Bonchev–Trinajstić information content (AvgIpc) is 2.42. The highest BCUT2D eigenvalue weighted by atomic mass is 79.9. The molecule has 0 saturated heterocycles. The first-order chi connectivity index (χ1) is 10.1. The Kier molecular flexibility index (Phi) is 5.66. The standard InChI is InChI=1S/C16H18BrClN2O/c17-12-6-7-13(14(18)10-12)15(21)20-16(11-19)8-4-2-1-3-5-9-16/h6-7,10H,1-5,8-9H2,(H,20,21). The third kappa shape index (κ3) is 4.21. The quantitative estimate of drug-likeness (QED) is 0.811. The van der Waals surface area contributed by atoms with E-state index in [1.54, 1.807) is 18.2 Å². The highest BCUT2D eigenvalue weighted by Gasteiger charge is 2.32. The molecule has 1 amide bonds. The molecule has 1 N–H and O–H groups in total. The molecule has 0 heterocycles. The van der Waals surface area contributed by atoms with E-state index in [0.29, 0.717) is 23.4 Å². The molecule has 21 heavy (non-hydrogen) atoms. The molecule has 5 heteroatoms. The second-order valence-corrected chi connectivity index (χ2v) is 6.86. The molecule has 1 saturated carbocycles. The Bertz CT molecular complexity index is 560. The zero-order valence-electron chi connectivity index (χ0n) is 11.8. The maximum atomic E-state index is 12.4. The summed E-state index contributed by atoms with van der Waals surface area (Å²) in [7, 11) is 0. The number of nitrogens with zero attached hydrogens (tertiary/aromatic N) is 1. The minimum atomic E-state index is -0.756. The fourth-order valence-corrected chi connectivity index (χ4v) is 3.49. The van der Waals surface area contributed by atoms with Gasteiger partial charge in [0.25, 0.3) is 5.91 Å². The van der Waals surface area contributed by atoms with E-state index in [2.05, 4.69) is 27.3 Å². The maximum Gasteiger partial charge on any atom is 0.254 e. The molecule has 1 aromatic rings. The predicted octanol–water partition coefficient (Wildman–Crippen LogP) is 4.84. The molecule has 0 aromatic heterocycles. The van der Waals surface area contributed by atoms with Crippen LogP contribution in [0.25, 0.3) is 0 Å². The van der Waals surface area contributed by atoms with Gasteiger partial charge in [-0.15, -0.1) is 0 Å². The monoisotopic (exact) mass is 368 g/mol. The largest absolute Gasteiger partial charge is 0.334 e. The molecule has 0 bridgehead atoms. The lowest BCUT2D eigenvalue weighted by Gasteiger charge is -2.29. The number of halogens is 2. The first-order valence-corrected chi connectivity index (χ1v) is 8.42. The third-order valence-corrected chi connectivity index (χ3v) is 4.76. The molecule has 0 radical (unpaired) electrons. The van der Waals surface area contributed by atoms with Gasteiger partial charge in [0.2, 0.25) is 0 Å². The molecule has 0 aliphatic heterocycles. The Morgan fingerprint density at radius 2 is 1.86 bits per heavy atom. The number of hydrogen-bond acceptors (Lipinski definition) is 2. The molecule has 2 rings (SSSR count). The van der Waals surface area contributed by atoms with Crippen molar-refractivity contribution in [2.45, 2.75) is 50.5 Å². The zero-order chi connectivity index (χ0) is 15.3. The Morgan fingerprint density at radius 3 is 2.43 bits per heavy atom. The summed E-state index contributed by atoms with van der Waals surface area (Å²) in [5.41, 5.74) is -0.343. The van der Waals surface area contributed by atoms with Gasteiger partial charge in [-0.1, -0.05) is 59.6 Å². The Morgan fingerprint density at radius 1 is 1.24 bits per heavy atom. The van der Waals surface area contributed by atoms with Crippen molar-refractivity contribution in [1.82, 2.24) is 5.32 Å². The predicted molar refractivity (Wildman–Crippen MR) is 87.3 cm³/mol. The van der Waals surface area contributed by atoms with Crippen molar-refractivity contribution >= 4 is 33.4 Å². The van der Waals surface area contributed by atoms with Crippen molar-refractivity contribution < 1.29 is 4.79 Å². The van der Waals surface area contributed by atoms with Crippen LogP contribution in [0.2, 0.25) is 5.02 Å². The fourth-order valence-electron chi connectivity index (χ4n) is 2.73. The normalized spacial score (nSPS) is 18.1. The van der Waals surface area contributed by atoms with Gasteiger partial charge < -0.3 is 5.32 Å². The molecular weight excluding hydrogens is 352 g/mol. The topological polar surface area (TPSA) is 52.9 Å². The van der Waals surface area contributed by atoms with Gasteiger partial charge in [-0.3, -0.25) is 4.79 Å². The van der Waals surface area contributed by atoms with E-state index in [1.807, 2.05) is 0 Å². The number of hydrogen-bond donors (Lipinski definition) is 1. The van der Waals surface area contributed by atoms with Crippen LogP contribution in [0.1, 0.15) is 55.3 Å². The summed E-state index contributed by atoms with van der Waals surface area (Å²) in [6.45, 7) is 0. The molecule has 1 aromatic carbocycles. The summed E-state index contributed by atoms with van der Waals surface area (Å²) in [5.74, 6) is -0.269. The van der Waals surface area contributed by atoms with Crippen molar-refractivity contribution in [3.05, 3.63) is 33.3 Å². The van der Waals surface area contributed by atoms with Crippen LogP contribution in [0.4, 0.5) is 0 Å².